The van der Waals surface area contributed by atoms with Crippen LogP contribution in [0.2, 0.25) is 0 Å². The number of hydrogen-bond acceptors (Lipinski definition) is 5. The van der Waals surface area contributed by atoms with Crippen LogP contribution in [0.3, 0.4) is 0 Å². The van der Waals surface area contributed by atoms with E-state index in [0.717, 1.165) is 30.6 Å². The van der Waals surface area contributed by atoms with Crippen molar-refractivity contribution in [2.75, 3.05) is 28.2 Å². The van der Waals surface area contributed by atoms with Gasteiger partial charge in [0, 0.05) is 0 Å². The quantitative estimate of drug-likeness (QED) is 0.714. The molecule has 0 fully saturated rings. The molecular formula is C10H19N5. The summed E-state index contributed by atoms with van der Waals surface area (Å²) in [5.74, 6) is 2.47. The molecule has 0 amide bonds. The van der Waals surface area contributed by atoms with E-state index in [1.807, 2.05) is 44.9 Å². The highest BCUT2D eigenvalue weighted by Crippen LogP contribution is 1.99. The molecule has 0 saturated carbocycles. The van der Waals surface area contributed by atoms with Crippen LogP contribution in [-0.2, 0) is 13.1 Å². The zero-order valence-electron chi connectivity index (χ0n) is 10.2. The average molecular weight is 209 g/mol. The maximum absolute atomic E-state index is 4.41. The average Bonchev–Trinajstić information content (AvgIpc) is 1.98. The van der Waals surface area contributed by atoms with Crippen molar-refractivity contribution in [2.45, 2.75) is 20.0 Å². The molecule has 0 aromatic carbocycles. The Morgan fingerprint density at radius 3 is 1.53 bits per heavy atom. The lowest BCUT2D eigenvalue weighted by Crippen LogP contribution is -2.19. The van der Waals surface area contributed by atoms with Gasteiger partial charge in [-0.1, -0.05) is 0 Å². The number of rotatable bonds is 4. The molecule has 1 heterocycles. The molecule has 0 N–H and O–H groups in total. The topological polar surface area (TPSA) is 45.2 Å². The van der Waals surface area contributed by atoms with Gasteiger partial charge in [-0.25, -0.2) is 15.0 Å². The van der Waals surface area contributed by atoms with Crippen molar-refractivity contribution in [1.29, 1.82) is 0 Å². The summed E-state index contributed by atoms with van der Waals surface area (Å²) >= 11 is 0. The highest BCUT2D eigenvalue weighted by atomic mass is 15.1. The third-order valence-corrected chi connectivity index (χ3v) is 1.76. The summed E-state index contributed by atoms with van der Waals surface area (Å²) in [6.07, 6.45) is 0. The van der Waals surface area contributed by atoms with Crippen molar-refractivity contribution in [3.63, 3.8) is 0 Å². The monoisotopic (exact) mass is 209 g/mol. The minimum absolute atomic E-state index is 0.754. The van der Waals surface area contributed by atoms with E-state index in [2.05, 4.69) is 15.0 Å². The highest BCUT2D eigenvalue weighted by molar-refractivity contribution is 4.96. The first-order valence-corrected chi connectivity index (χ1v) is 4.97. The molecule has 15 heavy (non-hydrogen) atoms. The van der Waals surface area contributed by atoms with Crippen molar-refractivity contribution in [1.82, 2.24) is 24.8 Å². The van der Waals surface area contributed by atoms with E-state index < -0.39 is 0 Å². The summed E-state index contributed by atoms with van der Waals surface area (Å²) in [5, 5.41) is 0. The standard InChI is InChI=1S/C10H19N5/c1-8-11-9(6-14(2)3)13-10(12-8)7-15(4)5/h6-7H2,1-5H3. The van der Waals surface area contributed by atoms with Gasteiger partial charge in [-0.3, -0.25) is 0 Å². The SMILES string of the molecule is Cc1nc(CN(C)C)nc(CN(C)C)n1. The fourth-order valence-corrected chi connectivity index (χ4v) is 1.30. The van der Waals surface area contributed by atoms with E-state index in [1.165, 1.54) is 0 Å². The maximum Gasteiger partial charge on any atom is 0.146 e. The van der Waals surface area contributed by atoms with Gasteiger partial charge in [0.1, 0.15) is 17.5 Å². The Morgan fingerprint density at radius 1 is 0.800 bits per heavy atom. The molecule has 0 aliphatic rings. The van der Waals surface area contributed by atoms with Crippen LogP contribution in [0.5, 0.6) is 0 Å². The minimum atomic E-state index is 0.754. The lowest BCUT2D eigenvalue weighted by Gasteiger charge is -2.12. The molecule has 0 bridgehead atoms. The van der Waals surface area contributed by atoms with Gasteiger partial charge in [-0.2, -0.15) is 0 Å². The highest BCUT2D eigenvalue weighted by Gasteiger charge is 2.05. The molecule has 1 rings (SSSR count). The van der Waals surface area contributed by atoms with E-state index >= 15 is 0 Å². The number of aromatic nitrogens is 3. The Bertz CT molecular complexity index is 293. The maximum atomic E-state index is 4.41. The molecule has 0 radical (unpaired) electrons. The zero-order valence-corrected chi connectivity index (χ0v) is 10.2. The van der Waals surface area contributed by atoms with E-state index in [-0.39, 0.29) is 0 Å². The molecule has 1 aromatic heterocycles. The van der Waals surface area contributed by atoms with Crippen LogP contribution in [0, 0.1) is 6.92 Å². The molecule has 5 nitrogen and oxygen atoms in total. The minimum Gasteiger partial charge on any atom is -0.302 e. The van der Waals surface area contributed by atoms with Gasteiger partial charge in [0.2, 0.25) is 0 Å². The molecule has 0 saturated heterocycles. The molecule has 0 spiro atoms. The van der Waals surface area contributed by atoms with Gasteiger partial charge in [0.05, 0.1) is 13.1 Å². The Balaban J connectivity index is 2.84. The molecule has 0 aliphatic carbocycles. The Morgan fingerprint density at radius 2 is 1.20 bits per heavy atom. The van der Waals surface area contributed by atoms with Crippen LogP contribution in [-0.4, -0.2) is 52.9 Å². The molecule has 1 aromatic rings. The number of nitrogens with zero attached hydrogens (tertiary/aromatic N) is 5. The third-order valence-electron chi connectivity index (χ3n) is 1.76. The predicted molar refractivity (Wildman–Crippen MR) is 59.3 cm³/mol. The third kappa shape index (κ3) is 4.31. The smallest absolute Gasteiger partial charge is 0.146 e. The van der Waals surface area contributed by atoms with Gasteiger partial charge in [0.25, 0.3) is 0 Å². The number of hydrogen-bond donors (Lipinski definition) is 0. The summed E-state index contributed by atoms with van der Waals surface area (Å²) in [6.45, 7) is 3.41. The van der Waals surface area contributed by atoms with Crippen LogP contribution in [0.25, 0.3) is 0 Å². The summed E-state index contributed by atoms with van der Waals surface area (Å²) in [5.41, 5.74) is 0. The van der Waals surface area contributed by atoms with Crippen molar-refractivity contribution >= 4 is 0 Å². The lowest BCUT2D eigenvalue weighted by atomic mass is 10.4. The van der Waals surface area contributed by atoms with E-state index in [4.69, 9.17) is 0 Å². The van der Waals surface area contributed by atoms with Crippen LogP contribution in [0.4, 0.5) is 0 Å². The second-order valence-corrected chi connectivity index (χ2v) is 4.19. The van der Waals surface area contributed by atoms with Crippen molar-refractivity contribution in [3.8, 4) is 0 Å². The number of aryl methyl sites for hydroxylation is 1. The van der Waals surface area contributed by atoms with Gasteiger partial charge in [-0.05, 0) is 35.1 Å². The molecule has 84 valence electrons. The fourth-order valence-electron chi connectivity index (χ4n) is 1.30. The molecule has 0 atom stereocenters. The molecule has 0 aliphatic heterocycles. The first-order valence-electron chi connectivity index (χ1n) is 4.97. The van der Waals surface area contributed by atoms with E-state index in [9.17, 15) is 0 Å². The van der Waals surface area contributed by atoms with Crippen LogP contribution < -0.4 is 0 Å². The van der Waals surface area contributed by atoms with Gasteiger partial charge in [0.15, 0.2) is 0 Å². The predicted octanol–water partition coefficient (Wildman–Crippen LogP) is 0.303. The second kappa shape index (κ2) is 5.14. The van der Waals surface area contributed by atoms with Crippen molar-refractivity contribution in [2.24, 2.45) is 0 Å². The molecular weight excluding hydrogens is 190 g/mol. The van der Waals surface area contributed by atoms with Crippen LogP contribution >= 0.6 is 0 Å². The second-order valence-electron chi connectivity index (χ2n) is 4.19. The normalized spacial score (nSPS) is 11.4. The van der Waals surface area contributed by atoms with Crippen molar-refractivity contribution < 1.29 is 0 Å². The van der Waals surface area contributed by atoms with E-state index in [1.54, 1.807) is 0 Å². The fraction of sp³-hybridized carbons (Fsp3) is 0.700. The molecule has 0 unspecified atom stereocenters. The zero-order chi connectivity index (χ0) is 11.4. The first-order chi connectivity index (χ1) is 6.97. The summed E-state index contributed by atoms with van der Waals surface area (Å²) in [7, 11) is 8.02. The van der Waals surface area contributed by atoms with E-state index in [0.29, 0.717) is 0 Å². The first kappa shape index (κ1) is 12.0. The Kier molecular flexibility index (Phi) is 4.11. The van der Waals surface area contributed by atoms with Crippen molar-refractivity contribution in [3.05, 3.63) is 17.5 Å². The van der Waals surface area contributed by atoms with Crippen LogP contribution in [0.1, 0.15) is 17.5 Å². The largest absolute Gasteiger partial charge is 0.302 e. The summed E-state index contributed by atoms with van der Waals surface area (Å²) in [6, 6.07) is 0. The van der Waals surface area contributed by atoms with Gasteiger partial charge < -0.3 is 9.80 Å². The van der Waals surface area contributed by atoms with Gasteiger partial charge in [-0.15, -0.1) is 0 Å². The summed E-state index contributed by atoms with van der Waals surface area (Å²) in [4.78, 5) is 17.1. The molecule has 5 heteroatoms. The Labute approximate surface area is 91.2 Å². The van der Waals surface area contributed by atoms with Gasteiger partial charge >= 0.3 is 0 Å². The lowest BCUT2D eigenvalue weighted by molar-refractivity contribution is 0.372. The van der Waals surface area contributed by atoms with Crippen LogP contribution in [0.15, 0.2) is 0 Å². The summed E-state index contributed by atoms with van der Waals surface area (Å²) < 4.78 is 0. The Hall–Kier alpha value is -1.07.